The van der Waals surface area contributed by atoms with E-state index in [2.05, 4.69) is 15.3 Å². The minimum absolute atomic E-state index is 0.0416. The molecule has 1 aromatic rings. The number of nitrogens with zero attached hydrogens (tertiary/aromatic N) is 1. The van der Waals surface area contributed by atoms with E-state index in [1.165, 1.54) is 0 Å². The minimum atomic E-state index is -0.0416. The van der Waals surface area contributed by atoms with Crippen LogP contribution >= 0.6 is 0 Å². The van der Waals surface area contributed by atoms with Crippen LogP contribution in [0, 0.1) is 0 Å². The molecule has 0 amide bonds. The lowest BCUT2D eigenvalue weighted by atomic mass is 10.3. The second-order valence-corrected chi connectivity index (χ2v) is 3.59. The smallest absolute Gasteiger partial charge is 0.255 e. The minimum Gasteiger partial charge on any atom is -0.374 e. The summed E-state index contributed by atoms with van der Waals surface area (Å²) in [6.07, 6.45) is 0.969. The van der Waals surface area contributed by atoms with Crippen molar-refractivity contribution in [2.24, 2.45) is 0 Å². The molecule has 0 aromatic carbocycles. The third-order valence-corrected chi connectivity index (χ3v) is 2.33. The summed E-state index contributed by atoms with van der Waals surface area (Å²) in [6, 6.07) is 0. The van der Waals surface area contributed by atoms with Crippen molar-refractivity contribution in [2.75, 3.05) is 6.61 Å². The molecule has 1 aliphatic rings. The van der Waals surface area contributed by atoms with Crippen LogP contribution < -0.4 is 10.9 Å². The van der Waals surface area contributed by atoms with E-state index in [0.29, 0.717) is 32.1 Å². The van der Waals surface area contributed by atoms with Crippen LogP contribution in [0.2, 0.25) is 0 Å². The van der Waals surface area contributed by atoms with Gasteiger partial charge in [0.05, 0.1) is 11.3 Å². The van der Waals surface area contributed by atoms with Gasteiger partial charge in [-0.3, -0.25) is 4.79 Å². The molecular weight excluding hydrogens is 194 g/mol. The van der Waals surface area contributed by atoms with Crippen molar-refractivity contribution in [1.29, 1.82) is 0 Å². The summed E-state index contributed by atoms with van der Waals surface area (Å²) >= 11 is 0. The zero-order valence-electron chi connectivity index (χ0n) is 8.80. The number of rotatable bonds is 4. The third kappa shape index (κ3) is 2.24. The van der Waals surface area contributed by atoms with Gasteiger partial charge in [0.25, 0.3) is 5.56 Å². The highest BCUT2D eigenvalue weighted by Crippen LogP contribution is 2.07. The maximum atomic E-state index is 11.6. The van der Waals surface area contributed by atoms with Gasteiger partial charge in [-0.15, -0.1) is 0 Å². The SMILES string of the molecule is CCCOCc1nc2c(c(=O)[nH]1)CNC2. The molecule has 0 saturated carbocycles. The first kappa shape index (κ1) is 10.3. The van der Waals surface area contributed by atoms with Crippen LogP contribution in [0.3, 0.4) is 0 Å². The van der Waals surface area contributed by atoms with Crippen LogP contribution in [-0.4, -0.2) is 16.6 Å². The molecule has 0 unspecified atom stereocenters. The second-order valence-electron chi connectivity index (χ2n) is 3.59. The average molecular weight is 209 g/mol. The zero-order chi connectivity index (χ0) is 10.7. The summed E-state index contributed by atoms with van der Waals surface area (Å²) in [5.41, 5.74) is 1.57. The van der Waals surface area contributed by atoms with Crippen LogP contribution in [0.25, 0.3) is 0 Å². The molecule has 0 fully saturated rings. The second kappa shape index (κ2) is 4.55. The van der Waals surface area contributed by atoms with Gasteiger partial charge in [0.1, 0.15) is 12.4 Å². The molecule has 2 N–H and O–H groups in total. The highest BCUT2D eigenvalue weighted by Gasteiger charge is 2.16. The molecule has 0 spiro atoms. The van der Waals surface area contributed by atoms with Gasteiger partial charge in [-0.2, -0.15) is 0 Å². The average Bonchev–Trinajstić information content (AvgIpc) is 2.66. The number of hydrogen-bond donors (Lipinski definition) is 2. The summed E-state index contributed by atoms with van der Waals surface area (Å²) in [7, 11) is 0. The summed E-state index contributed by atoms with van der Waals surface area (Å²) in [4.78, 5) is 18.7. The number of H-pyrrole nitrogens is 1. The zero-order valence-corrected chi connectivity index (χ0v) is 8.80. The molecular formula is C10H15N3O2. The van der Waals surface area contributed by atoms with Gasteiger partial charge >= 0.3 is 0 Å². The Bertz CT molecular complexity index is 400. The Labute approximate surface area is 87.9 Å². The summed E-state index contributed by atoms with van der Waals surface area (Å²) in [5.74, 6) is 0.621. The molecule has 0 atom stereocenters. The van der Waals surface area contributed by atoms with E-state index in [4.69, 9.17) is 4.74 Å². The number of hydrogen-bond acceptors (Lipinski definition) is 4. The lowest BCUT2D eigenvalue weighted by molar-refractivity contribution is 0.115. The van der Waals surface area contributed by atoms with Crippen molar-refractivity contribution in [2.45, 2.75) is 33.0 Å². The molecule has 2 rings (SSSR count). The van der Waals surface area contributed by atoms with Crippen LogP contribution in [0.1, 0.15) is 30.4 Å². The van der Waals surface area contributed by atoms with E-state index < -0.39 is 0 Å². The molecule has 2 heterocycles. The monoisotopic (exact) mass is 209 g/mol. The van der Waals surface area contributed by atoms with Crippen molar-refractivity contribution in [3.05, 3.63) is 27.4 Å². The first-order valence-corrected chi connectivity index (χ1v) is 5.20. The summed E-state index contributed by atoms with van der Waals surface area (Å²) in [6.45, 7) is 4.42. The summed E-state index contributed by atoms with van der Waals surface area (Å²) < 4.78 is 5.33. The lowest BCUT2D eigenvalue weighted by Gasteiger charge is -2.03. The molecule has 0 aliphatic carbocycles. The predicted octanol–water partition coefficient (Wildman–Crippen LogP) is 0.300. The molecule has 15 heavy (non-hydrogen) atoms. The standard InChI is InChI=1S/C10H15N3O2/c1-2-3-15-6-9-12-8-5-11-4-7(8)10(14)13-9/h11H,2-6H2,1H3,(H,12,13,14). The van der Waals surface area contributed by atoms with Crippen LogP contribution in [0.5, 0.6) is 0 Å². The third-order valence-electron chi connectivity index (χ3n) is 2.33. The summed E-state index contributed by atoms with van der Waals surface area (Å²) in [5, 5.41) is 3.10. The fraction of sp³-hybridized carbons (Fsp3) is 0.600. The van der Waals surface area contributed by atoms with Gasteiger partial charge in [-0.1, -0.05) is 6.92 Å². The Morgan fingerprint density at radius 2 is 2.33 bits per heavy atom. The molecule has 5 nitrogen and oxygen atoms in total. The van der Waals surface area contributed by atoms with Gasteiger partial charge in [0.15, 0.2) is 0 Å². The van der Waals surface area contributed by atoms with E-state index in [-0.39, 0.29) is 5.56 Å². The van der Waals surface area contributed by atoms with Gasteiger partial charge in [-0.25, -0.2) is 4.98 Å². The van der Waals surface area contributed by atoms with E-state index in [9.17, 15) is 4.79 Å². The van der Waals surface area contributed by atoms with Gasteiger partial charge in [-0.05, 0) is 6.42 Å². The Kier molecular flexibility index (Phi) is 3.13. The Morgan fingerprint density at radius 3 is 3.13 bits per heavy atom. The highest BCUT2D eigenvalue weighted by atomic mass is 16.5. The maximum absolute atomic E-state index is 11.6. The normalized spacial score (nSPS) is 14.2. The van der Waals surface area contributed by atoms with Crippen molar-refractivity contribution in [3.8, 4) is 0 Å². The van der Waals surface area contributed by atoms with E-state index in [0.717, 1.165) is 17.7 Å². The Hall–Kier alpha value is -1.20. The van der Waals surface area contributed by atoms with Crippen molar-refractivity contribution in [1.82, 2.24) is 15.3 Å². The van der Waals surface area contributed by atoms with Gasteiger partial charge in [0.2, 0.25) is 0 Å². The molecule has 5 heteroatoms. The number of nitrogens with one attached hydrogen (secondary N) is 2. The van der Waals surface area contributed by atoms with Crippen molar-refractivity contribution < 1.29 is 4.74 Å². The molecule has 0 saturated heterocycles. The number of fused-ring (bicyclic) bond motifs is 1. The van der Waals surface area contributed by atoms with Crippen LogP contribution in [0.4, 0.5) is 0 Å². The largest absolute Gasteiger partial charge is 0.374 e. The Morgan fingerprint density at radius 1 is 1.47 bits per heavy atom. The van der Waals surface area contributed by atoms with Crippen molar-refractivity contribution >= 4 is 0 Å². The number of ether oxygens (including phenoxy) is 1. The van der Waals surface area contributed by atoms with E-state index >= 15 is 0 Å². The number of aromatic amines is 1. The number of aromatic nitrogens is 2. The van der Waals surface area contributed by atoms with Gasteiger partial charge < -0.3 is 15.0 Å². The Balaban J connectivity index is 2.13. The molecule has 1 aromatic heterocycles. The quantitative estimate of drug-likeness (QED) is 0.700. The molecule has 0 bridgehead atoms. The van der Waals surface area contributed by atoms with E-state index in [1.54, 1.807) is 0 Å². The fourth-order valence-corrected chi connectivity index (χ4v) is 1.61. The molecule has 1 aliphatic heterocycles. The van der Waals surface area contributed by atoms with Crippen LogP contribution in [0.15, 0.2) is 4.79 Å². The first-order valence-electron chi connectivity index (χ1n) is 5.20. The van der Waals surface area contributed by atoms with Crippen LogP contribution in [-0.2, 0) is 24.4 Å². The highest BCUT2D eigenvalue weighted by molar-refractivity contribution is 5.21. The van der Waals surface area contributed by atoms with Gasteiger partial charge in [0, 0.05) is 19.7 Å². The lowest BCUT2D eigenvalue weighted by Crippen LogP contribution is -2.18. The van der Waals surface area contributed by atoms with E-state index in [1.807, 2.05) is 6.92 Å². The van der Waals surface area contributed by atoms with Crippen molar-refractivity contribution in [3.63, 3.8) is 0 Å². The topological polar surface area (TPSA) is 67.0 Å². The molecule has 0 radical (unpaired) electrons. The first-order chi connectivity index (χ1) is 7.31. The fourth-order valence-electron chi connectivity index (χ4n) is 1.61. The predicted molar refractivity (Wildman–Crippen MR) is 55.3 cm³/mol. The maximum Gasteiger partial charge on any atom is 0.255 e. The molecule has 82 valence electrons.